The van der Waals surface area contributed by atoms with Gasteiger partial charge in [0.25, 0.3) is 0 Å². The molecule has 2 aliphatic rings. The van der Waals surface area contributed by atoms with Gasteiger partial charge >= 0.3 is 5.97 Å². The van der Waals surface area contributed by atoms with E-state index in [0.29, 0.717) is 23.8 Å². The minimum atomic E-state index is -0.396. The van der Waals surface area contributed by atoms with Gasteiger partial charge in [0.15, 0.2) is 0 Å². The molecule has 6 nitrogen and oxygen atoms in total. The minimum absolute atomic E-state index is 0.167. The zero-order valence-electron chi connectivity index (χ0n) is 18.7. The second-order valence-electron chi connectivity index (χ2n) is 9.40. The Labute approximate surface area is 186 Å². The van der Waals surface area contributed by atoms with Crippen molar-refractivity contribution in [3.63, 3.8) is 0 Å². The number of carbonyl (C=O) groups excluding carboxylic acids is 1. The maximum absolute atomic E-state index is 13.6. The largest absolute Gasteiger partial charge is 0.489 e. The predicted octanol–water partition coefficient (Wildman–Crippen LogP) is 4.47. The quantitative estimate of drug-likeness (QED) is 0.564. The summed E-state index contributed by atoms with van der Waals surface area (Å²) in [6.07, 6.45) is 1.99. The lowest BCUT2D eigenvalue weighted by Gasteiger charge is -2.36. The van der Waals surface area contributed by atoms with E-state index in [1.807, 2.05) is 6.07 Å². The first-order chi connectivity index (χ1) is 15.4. The van der Waals surface area contributed by atoms with Gasteiger partial charge in [-0.05, 0) is 75.5 Å². The van der Waals surface area contributed by atoms with Gasteiger partial charge in [0.1, 0.15) is 29.5 Å². The molecule has 0 saturated carbocycles. The molecule has 7 heteroatoms. The van der Waals surface area contributed by atoms with Gasteiger partial charge in [-0.1, -0.05) is 12.1 Å². The van der Waals surface area contributed by atoms with Crippen LogP contribution in [0.4, 0.5) is 4.39 Å². The fraction of sp³-hybridized carbons (Fsp3) is 0.440. The predicted molar refractivity (Wildman–Crippen MR) is 120 cm³/mol. The molecule has 2 aromatic carbocycles. The van der Waals surface area contributed by atoms with Crippen LogP contribution in [0, 0.1) is 5.82 Å². The van der Waals surface area contributed by atoms with Crippen molar-refractivity contribution in [1.29, 1.82) is 0 Å². The van der Waals surface area contributed by atoms with Crippen molar-refractivity contribution in [2.45, 2.75) is 44.7 Å². The molecule has 0 aliphatic carbocycles. The van der Waals surface area contributed by atoms with Crippen LogP contribution in [-0.2, 0) is 16.8 Å². The zero-order valence-corrected chi connectivity index (χ0v) is 18.7. The summed E-state index contributed by atoms with van der Waals surface area (Å²) in [5.74, 6) is 1.47. The maximum atomic E-state index is 13.6. The number of imidazole rings is 1. The molecule has 0 bridgehead atoms. The highest BCUT2D eigenvalue weighted by molar-refractivity contribution is 5.96. The van der Waals surface area contributed by atoms with Gasteiger partial charge in [0.05, 0.1) is 30.3 Å². The van der Waals surface area contributed by atoms with Crippen molar-refractivity contribution in [1.82, 2.24) is 14.5 Å². The third kappa shape index (κ3) is 3.64. The van der Waals surface area contributed by atoms with Crippen molar-refractivity contribution >= 4 is 17.0 Å². The Bertz CT molecular complexity index is 1180. The van der Waals surface area contributed by atoms with Crippen molar-refractivity contribution < 1.29 is 18.7 Å². The number of esters is 1. The topological polar surface area (TPSA) is 56.6 Å². The SMILES string of the molecule is COC(=O)c1cc2c3c(c1)nc(CN1CCC(c4cccc(F)c4)CC1)n3C(C)(C)CO2. The van der Waals surface area contributed by atoms with Crippen molar-refractivity contribution in [2.75, 3.05) is 26.8 Å². The first kappa shape index (κ1) is 20.9. The molecule has 0 radical (unpaired) electrons. The lowest BCUT2D eigenvalue weighted by Crippen LogP contribution is -2.40. The third-order valence-corrected chi connectivity index (χ3v) is 6.67. The average molecular weight is 438 g/mol. The Hall–Kier alpha value is -2.93. The number of piperidine rings is 1. The molecule has 0 atom stereocenters. The van der Waals surface area contributed by atoms with E-state index in [1.165, 1.54) is 13.2 Å². The van der Waals surface area contributed by atoms with E-state index in [-0.39, 0.29) is 11.4 Å². The lowest BCUT2D eigenvalue weighted by atomic mass is 9.89. The standard InChI is InChI=1S/C25H28FN3O3/c1-25(2)15-32-21-13-18(24(30)31-3)12-20-23(21)29(25)22(27-20)14-28-9-7-16(8-10-28)17-5-4-6-19(26)11-17/h4-6,11-13,16H,7-10,14-15H2,1-3H3. The number of halogens is 1. The molecule has 0 amide bonds. The molecule has 5 rings (SSSR count). The van der Waals surface area contributed by atoms with Crippen molar-refractivity contribution in [3.8, 4) is 5.75 Å². The highest BCUT2D eigenvalue weighted by atomic mass is 19.1. The summed E-state index contributed by atoms with van der Waals surface area (Å²) >= 11 is 0. The Morgan fingerprint density at radius 2 is 2.03 bits per heavy atom. The smallest absolute Gasteiger partial charge is 0.338 e. The van der Waals surface area contributed by atoms with Crippen LogP contribution < -0.4 is 4.74 Å². The lowest BCUT2D eigenvalue weighted by molar-refractivity contribution is 0.0600. The van der Waals surface area contributed by atoms with Gasteiger partial charge in [0, 0.05) is 0 Å². The molecule has 1 aromatic heterocycles. The molecule has 0 unspecified atom stereocenters. The van der Waals surface area contributed by atoms with Gasteiger partial charge in [0.2, 0.25) is 0 Å². The molecule has 168 valence electrons. The summed E-state index contributed by atoms with van der Waals surface area (Å²) in [4.78, 5) is 19.4. The fourth-order valence-electron chi connectivity index (χ4n) is 5.03. The first-order valence-corrected chi connectivity index (χ1v) is 11.1. The van der Waals surface area contributed by atoms with Crippen LogP contribution in [0.1, 0.15) is 54.4 Å². The molecule has 3 heterocycles. The van der Waals surface area contributed by atoms with Crippen LogP contribution in [-0.4, -0.2) is 47.2 Å². The third-order valence-electron chi connectivity index (χ3n) is 6.67. The van der Waals surface area contributed by atoms with E-state index in [1.54, 1.807) is 24.3 Å². The van der Waals surface area contributed by atoms with Crippen molar-refractivity contribution in [3.05, 3.63) is 59.2 Å². The summed E-state index contributed by atoms with van der Waals surface area (Å²) in [7, 11) is 1.37. The summed E-state index contributed by atoms with van der Waals surface area (Å²) in [6, 6.07) is 10.5. The number of likely N-dealkylation sites (tertiary alicyclic amines) is 1. The van der Waals surface area contributed by atoms with E-state index in [0.717, 1.165) is 54.9 Å². The van der Waals surface area contributed by atoms with E-state index in [4.69, 9.17) is 14.5 Å². The number of hydrogen-bond donors (Lipinski definition) is 0. The molecule has 2 aliphatic heterocycles. The van der Waals surface area contributed by atoms with E-state index in [9.17, 15) is 9.18 Å². The van der Waals surface area contributed by atoms with Crippen LogP contribution in [0.2, 0.25) is 0 Å². The molecule has 3 aromatic rings. The van der Waals surface area contributed by atoms with Gasteiger partial charge in [-0.2, -0.15) is 0 Å². The number of aromatic nitrogens is 2. The monoisotopic (exact) mass is 437 g/mol. The molecular formula is C25H28FN3O3. The number of methoxy groups -OCH3 is 1. The Morgan fingerprint density at radius 1 is 1.25 bits per heavy atom. The van der Waals surface area contributed by atoms with Crippen LogP contribution in [0.15, 0.2) is 36.4 Å². The summed E-state index contributed by atoms with van der Waals surface area (Å²) in [6.45, 7) is 7.38. The molecule has 1 saturated heterocycles. The Balaban J connectivity index is 1.41. The minimum Gasteiger partial charge on any atom is -0.489 e. The Kier molecular flexibility index (Phi) is 5.16. The molecule has 32 heavy (non-hydrogen) atoms. The number of nitrogens with zero attached hydrogens (tertiary/aromatic N) is 3. The highest BCUT2D eigenvalue weighted by Crippen LogP contribution is 2.38. The number of benzene rings is 2. The second-order valence-corrected chi connectivity index (χ2v) is 9.40. The molecule has 0 spiro atoms. The second kappa shape index (κ2) is 7.89. The van der Waals surface area contributed by atoms with E-state index >= 15 is 0 Å². The number of ether oxygens (including phenoxy) is 2. The highest BCUT2D eigenvalue weighted by Gasteiger charge is 2.34. The number of hydrogen-bond acceptors (Lipinski definition) is 5. The maximum Gasteiger partial charge on any atom is 0.338 e. The van der Waals surface area contributed by atoms with Gasteiger partial charge in [-0.3, -0.25) is 4.90 Å². The van der Waals surface area contributed by atoms with E-state index < -0.39 is 5.97 Å². The Morgan fingerprint density at radius 3 is 2.75 bits per heavy atom. The number of carbonyl (C=O) groups is 1. The van der Waals surface area contributed by atoms with Crippen LogP contribution in [0.5, 0.6) is 5.75 Å². The normalized spacial score (nSPS) is 18.5. The average Bonchev–Trinajstić information content (AvgIpc) is 3.16. The molecule has 1 fully saturated rings. The number of rotatable bonds is 4. The van der Waals surface area contributed by atoms with Crippen LogP contribution in [0.25, 0.3) is 11.0 Å². The molecule has 0 N–H and O–H groups in total. The van der Waals surface area contributed by atoms with E-state index in [2.05, 4.69) is 23.3 Å². The summed E-state index contributed by atoms with van der Waals surface area (Å²) in [5, 5.41) is 0. The van der Waals surface area contributed by atoms with Crippen LogP contribution >= 0.6 is 0 Å². The summed E-state index contributed by atoms with van der Waals surface area (Å²) < 4.78 is 26.8. The van der Waals surface area contributed by atoms with Crippen molar-refractivity contribution in [2.24, 2.45) is 0 Å². The van der Waals surface area contributed by atoms with Gasteiger partial charge < -0.3 is 14.0 Å². The molecular weight excluding hydrogens is 409 g/mol. The van der Waals surface area contributed by atoms with Gasteiger partial charge in [-0.15, -0.1) is 0 Å². The summed E-state index contributed by atoms with van der Waals surface area (Å²) in [5.41, 5.74) is 2.97. The van der Waals surface area contributed by atoms with Gasteiger partial charge in [-0.25, -0.2) is 14.2 Å². The fourth-order valence-corrected chi connectivity index (χ4v) is 5.03. The van der Waals surface area contributed by atoms with Crippen LogP contribution in [0.3, 0.4) is 0 Å². The zero-order chi connectivity index (χ0) is 22.5. The first-order valence-electron chi connectivity index (χ1n) is 11.1.